The summed E-state index contributed by atoms with van der Waals surface area (Å²) in [5, 5.41) is 9.30. The first-order chi connectivity index (χ1) is 7.25. The summed E-state index contributed by atoms with van der Waals surface area (Å²) in [5.74, 6) is 0.841. The molecule has 0 radical (unpaired) electrons. The molecule has 2 aromatic rings. The summed E-state index contributed by atoms with van der Waals surface area (Å²) in [4.78, 5) is 4.25. The lowest BCUT2D eigenvalue weighted by atomic mass is 10.2. The van der Waals surface area contributed by atoms with Crippen LogP contribution in [0.5, 0.6) is 0 Å². The predicted octanol–water partition coefficient (Wildman–Crippen LogP) is 2.29. The van der Waals surface area contributed by atoms with Gasteiger partial charge >= 0.3 is 0 Å². The smallest absolute Gasteiger partial charge is 0.133 e. The number of thiazole rings is 1. The lowest BCUT2D eigenvalue weighted by molar-refractivity contribution is 0.386. The van der Waals surface area contributed by atoms with Crippen LogP contribution in [0, 0.1) is 6.92 Å². The van der Waals surface area contributed by atoms with Crippen LogP contribution < -0.4 is 5.32 Å². The van der Waals surface area contributed by atoms with Crippen LogP contribution in [0.15, 0.2) is 21.5 Å². The van der Waals surface area contributed by atoms with Crippen LogP contribution in [0.1, 0.15) is 30.1 Å². The van der Waals surface area contributed by atoms with Gasteiger partial charge in [-0.3, -0.25) is 0 Å². The Morgan fingerprint density at radius 1 is 1.60 bits per heavy atom. The normalized spacial score (nSPS) is 12.9. The van der Waals surface area contributed by atoms with Gasteiger partial charge in [0.15, 0.2) is 0 Å². The highest BCUT2D eigenvalue weighted by atomic mass is 32.1. The summed E-state index contributed by atoms with van der Waals surface area (Å²) >= 11 is 1.61. The summed E-state index contributed by atoms with van der Waals surface area (Å²) < 4.78 is 4.98. The van der Waals surface area contributed by atoms with E-state index >= 15 is 0 Å². The Kier molecular flexibility index (Phi) is 3.13. The number of aromatic nitrogens is 2. The topological polar surface area (TPSA) is 51.0 Å². The van der Waals surface area contributed by atoms with Gasteiger partial charge < -0.3 is 9.84 Å². The number of hydrogen-bond donors (Lipinski definition) is 1. The highest BCUT2D eigenvalue weighted by Crippen LogP contribution is 2.12. The van der Waals surface area contributed by atoms with Gasteiger partial charge in [0, 0.05) is 24.0 Å². The van der Waals surface area contributed by atoms with Crippen LogP contribution in [-0.4, -0.2) is 10.1 Å². The SMILES string of the molecule is Cc1cc(CNC(C)c2cscn2)no1. The summed E-state index contributed by atoms with van der Waals surface area (Å²) in [6, 6.07) is 2.18. The second-order valence-electron chi connectivity index (χ2n) is 3.44. The van der Waals surface area contributed by atoms with E-state index in [9.17, 15) is 0 Å². The minimum Gasteiger partial charge on any atom is -0.361 e. The molecular weight excluding hydrogens is 210 g/mol. The predicted molar refractivity (Wildman–Crippen MR) is 58.6 cm³/mol. The zero-order valence-corrected chi connectivity index (χ0v) is 9.54. The van der Waals surface area contributed by atoms with E-state index in [0.717, 1.165) is 17.1 Å². The van der Waals surface area contributed by atoms with E-state index in [0.29, 0.717) is 6.54 Å². The molecule has 1 N–H and O–H groups in total. The molecule has 1 atom stereocenters. The fourth-order valence-electron chi connectivity index (χ4n) is 1.30. The molecule has 0 bridgehead atoms. The van der Waals surface area contributed by atoms with Crippen molar-refractivity contribution in [3.8, 4) is 0 Å². The van der Waals surface area contributed by atoms with Crippen molar-refractivity contribution in [2.45, 2.75) is 26.4 Å². The van der Waals surface area contributed by atoms with E-state index in [1.807, 2.05) is 23.9 Å². The molecule has 0 aliphatic rings. The zero-order chi connectivity index (χ0) is 10.7. The van der Waals surface area contributed by atoms with Gasteiger partial charge in [0.2, 0.25) is 0 Å². The Balaban J connectivity index is 1.88. The fraction of sp³-hybridized carbons (Fsp3) is 0.400. The third-order valence-corrected chi connectivity index (χ3v) is 2.77. The van der Waals surface area contributed by atoms with Gasteiger partial charge in [0.1, 0.15) is 5.76 Å². The quantitative estimate of drug-likeness (QED) is 0.864. The maximum absolute atomic E-state index is 4.98. The molecule has 0 aliphatic heterocycles. The van der Waals surface area contributed by atoms with E-state index in [2.05, 4.69) is 22.4 Å². The second kappa shape index (κ2) is 4.55. The van der Waals surface area contributed by atoms with E-state index in [4.69, 9.17) is 4.52 Å². The van der Waals surface area contributed by atoms with E-state index in [-0.39, 0.29) is 6.04 Å². The molecule has 15 heavy (non-hydrogen) atoms. The molecule has 80 valence electrons. The van der Waals surface area contributed by atoms with Gasteiger partial charge in [0.05, 0.1) is 16.9 Å². The van der Waals surface area contributed by atoms with Gasteiger partial charge in [0.25, 0.3) is 0 Å². The average Bonchev–Trinajstić information content (AvgIpc) is 2.84. The van der Waals surface area contributed by atoms with Gasteiger partial charge in [-0.25, -0.2) is 4.98 Å². The van der Waals surface area contributed by atoms with Crippen molar-refractivity contribution in [2.24, 2.45) is 0 Å². The molecule has 2 heterocycles. The maximum Gasteiger partial charge on any atom is 0.133 e. The maximum atomic E-state index is 4.98. The Labute approximate surface area is 92.3 Å². The van der Waals surface area contributed by atoms with Crippen molar-refractivity contribution in [3.63, 3.8) is 0 Å². The highest BCUT2D eigenvalue weighted by Gasteiger charge is 2.07. The third-order valence-electron chi connectivity index (χ3n) is 2.16. The van der Waals surface area contributed by atoms with Crippen LogP contribution in [0.25, 0.3) is 0 Å². The number of nitrogens with zero attached hydrogens (tertiary/aromatic N) is 2. The van der Waals surface area contributed by atoms with Crippen molar-refractivity contribution in [1.29, 1.82) is 0 Å². The first kappa shape index (κ1) is 10.3. The second-order valence-corrected chi connectivity index (χ2v) is 4.16. The molecule has 0 fully saturated rings. The molecular formula is C10H13N3OS. The first-order valence-electron chi connectivity index (χ1n) is 4.79. The summed E-state index contributed by atoms with van der Waals surface area (Å²) in [7, 11) is 0. The molecule has 2 rings (SSSR count). The number of aryl methyl sites for hydroxylation is 1. The molecule has 0 amide bonds. The van der Waals surface area contributed by atoms with E-state index in [1.165, 1.54) is 0 Å². The molecule has 2 aromatic heterocycles. The van der Waals surface area contributed by atoms with Crippen molar-refractivity contribution >= 4 is 11.3 Å². The standard InChI is InChI=1S/C10H13N3OS/c1-7-3-9(13-14-7)4-11-8(2)10-5-15-6-12-10/h3,5-6,8,11H,4H2,1-2H3. The Morgan fingerprint density at radius 2 is 2.47 bits per heavy atom. The largest absolute Gasteiger partial charge is 0.361 e. The third kappa shape index (κ3) is 2.64. The molecule has 0 saturated heterocycles. The lowest BCUT2D eigenvalue weighted by Gasteiger charge is -2.09. The fourth-order valence-corrected chi connectivity index (χ4v) is 1.95. The van der Waals surface area contributed by atoms with Gasteiger partial charge in [-0.1, -0.05) is 5.16 Å². The van der Waals surface area contributed by atoms with Crippen LogP contribution in [0.3, 0.4) is 0 Å². The molecule has 0 aliphatic carbocycles. The van der Waals surface area contributed by atoms with Crippen LogP contribution in [-0.2, 0) is 6.54 Å². The van der Waals surface area contributed by atoms with Crippen LogP contribution >= 0.6 is 11.3 Å². The van der Waals surface area contributed by atoms with Crippen molar-refractivity contribution in [2.75, 3.05) is 0 Å². The van der Waals surface area contributed by atoms with Gasteiger partial charge in [-0.15, -0.1) is 11.3 Å². The van der Waals surface area contributed by atoms with Crippen LogP contribution in [0.2, 0.25) is 0 Å². The Morgan fingerprint density at radius 3 is 3.07 bits per heavy atom. The van der Waals surface area contributed by atoms with Gasteiger partial charge in [-0.2, -0.15) is 0 Å². The molecule has 4 nitrogen and oxygen atoms in total. The monoisotopic (exact) mass is 223 g/mol. The van der Waals surface area contributed by atoms with E-state index in [1.54, 1.807) is 11.3 Å². The summed E-state index contributed by atoms with van der Waals surface area (Å²) in [6.45, 7) is 4.68. The molecule has 1 unspecified atom stereocenters. The summed E-state index contributed by atoms with van der Waals surface area (Å²) in [5.41, 5.74) is 3.84. The zero-order valence-electron chi connectivity index (χ0n) is 8.73. The van der Waals surface area contributed by atoms with Crippen molar-refractivity contribution in [3.05, 3.63) is 34.1 Å². The van der Waals surface area contributed by atoms with Gasteiger partial charge in [-0.05, 0) is 13.8 Å². The van der Waals surface area contributed by atoms with Crippen molar-refractivity contribution in [1.82, 2.24) is 15.5 Å². The van der Waals surface area contributed by atoms with Crippen molar-refractivity contribution < 1.29 is 4.52 Å². The number of hydrogen-bond acceptors (Lipinski definition) is 5. The number of nitrogens with one attached hydrogen (secondary N) is 1. The van der Waals surface area contributed by atoms with E-state index < -0.39 is 0 Å². The Bertz CT molecular complexity index is 410. The molecule has 5 heteroatoms. The molecule has 0 aromatic carbocycles. The molecule has 0 spiro atoms. The molecule has 0 saturated carbocycles. The number of rotatable bonds is 4. The first-order valence-corrected chi connectivity index (χ1v) is 5.73. The minimum atomic E-state index is 0.244. The average molecular weight is 223 g/mol. The highest BCUT2D eigenvalue weighted by molar-refractivity contribution is 7.07. The summed E-state index contributed by atoms with van der Waals surface area (Å²) in [6.07, 6.45) is 0. The minimum absolute atomic E-state index is 0.244. The Hall–Kier alpha value is -1.20. The van der Waals surface area contributed by atoms with Crippen LogP contribution in [0.4, 0.5) is 0 Å². The lowest BCUT2D eigenvalue weighted by Crippen LogP contribution is -2.18.